The Morgan fingerprint density at radius 2 is 0.833 bits per heavy atom. The Morgan fingerprint density at radius 3 is 1.28 bits per heavy atom. The maximum absolute atomic E-state index is 12.4. The first-order valence-electron chi connectivity index (χ1n) is 25.9. The van der Waals surface area contributed by atoms with Gasteiger partial charge in [0.2, 0.25) is 5.91 Å². The normalized spacial score (nSPS) is 13.1. The molecule has 0 fully saturated rings. The van der Waals surface area contributed by atoms with Gasteiger partial charge in [-0.25, -0.2) is 0 Å². The van der Waals surface area contributed by atoms with E-state index in [1.807, 2.05) is 6.08 Å². The predicted molar refractivity (Wildman–Crippen MR) is 259 cm³/mol. The summed E-state index contributed by atoms with van der Waals surface area (Å²) < 4.78 is 5.44. The van der Waals surface area contributed by atoms with Crippen LogP contribution in [0.15, 0.2) is 48.6 Å². The molecule has 0 aliphatic heterocycles. The van der Waals surface area contributed by atoms with Crippen LogP contribution < -0.4 is 5.32 Å². The van der Waals surface area contributed by atoms with Gasteiger partial charge in [0.15, 0.2) is 0 Å². The van der Waals surface area contributed by atoms with Crippen LogP contribution in [0.4, 0.5) is 0 Å². The van der Waals surface area contributed by atoms with Gasteiger partial charge in [0, 0.05) is 12.8 Å². The molecule has 2 atom stereocenters. The third-order valence-corrected chi connectivity index (χ3v) is 11.6. The van der Waals surface area contributed by atoms with E-state index in [1.54, 1.807) is 6.08 Å². The van der Waals surface area contributed by atoms with Crippen molar-refractivity contribution in [1.29, 1.82) is 0 Å². The van der Waals surface area contributed by atoms with Crippen molar-refractivity contribution in [3.63, 3.8) is 0 Å². The van der Waals surface area contributed by atoms with Crippen LogP contribution >= 0.6 is 0 Å². The Balaban J connectivity index is 3.56. The molecule has 2 unspecified atom stereocenters. The molecular formula is C54H99NO5. The minimum Gasteiger partial charge on any atom is -0.466 e. The molecule has 0 aliphatic rings. The first-order valence-corrected chi connectivity index (χ1v) is 25.9. The second-order valence-corrected chi connectivity index (χ2v) is 17.5. The van der Waals surface area contributed by atoms with E-state index in [0.29, 0.717) is 19.4 Å². The van der Waals surface area contributed by atoms with Crippen molar-refractivity contribution in [2.45, 2.75) is 270 Å². The van der Waals surface area contributed by atoms with Crippen molar-refractivity contribution in [2.75, 3.05) is 13.2 Å². The summed E-state index contributed by atoms with van der Waals surface area (Å²) in [6.45, 7) is 4.82. The number of hydrogen-bond donors (Lipinski definition) is 3. The molecule has 0 aliphatic carbocycles. The number of nitrogens with one attached hydrogen (secondary N) is 1. The topological polar surface area (TPSA) is 95.9 Å². The van der Waals surface area contributed by atoms with Crippen LogP contribution in [0.3, 0.4) is 0 Å². The fraction of sp³-hybridized carbons (Fsp3) is 0.815. The number of amides is 1. The number of carbonyl (C=O) groups excluding carboxylic acids is 2. The summed E-state index contributed by atoms with van der Waals surface area (Å²) in [4.78, 5) is 24.4. The summed E-state index contributed by atoms with van der Waals surface area (Å²) in [5.74, 6) is -0.124. The molecule has 0 saturated heterocycles. The molecule has 6 nitrogen and oxygen atoms in total. The van der Waals surface area contributed by atoms with Gasteiger partial charge in [-0.1, -0.05) is 204 Å². The number of aliphatic hydroxyl groups excluding tert-OH is 2. The molecule has 6 heteroatoms. The lowest BCUT2D eigenvalue weighted by Crippen LogP contribution is -2.45. The van der Waals surface area contributed by atoms with Crippen LogP contribution in [0, 0.1) is 0 Å². The van der Waals surface area contributed by atoms with Crippen molar-refractivity contribution >= 4 is 11.9 Å². The lowest BCUT2D eigenvalue weighted by Gasteiger charge is -2.20. The average Bonchev–Trinajstić information content (AvgIpc) is 3.25. The van der Waals surface area contributed by atoms with E-state index in [-0.39, 0.29) is 18.5 Å². The maximum Gasteiger partial charge on any atom is 0.305 e. The summed E-state index contributed by atoms with van der Waals surface area (Å²) in [6, 6.07) is -0.644. The number of esters is 1. The Kier molecular flexibility index (Phi) is 47.7. The van der Waals surface area contributed by atoms with Crippen molar-refractivity contribution in [1.82, 2.24) is 5.32 Å². The first kappa shape index (κ1) is 57.8. The summed E-state index contributed by atoms with van der Waals surface area (Å²) in [7, 11) is 0. The van der Waals surface area contributed by atoms with E-state index in [9.17, 15) is 19.8 Å². The van der Waals surface area contributed by atoms with Gasteiger partial charge in [0.05, 0.1) is 25.4 Å². The third kappa shape index (κ3) is 45.3. The second kappa shape index (κ2) is 49.5. The first-order chi connectivity index (χ1) is 29.5. The standard InChI is InChI=1S/C54H99NO5/c1-3-5-7-9-11-13-15-17-19-24-28-32-36-40-44-48-54(59)60-49-45-41-37-33-29-25-21-18-20-23-27-31-35-39-43-47-53(58)55-51(50-56)52(57)46-42-38-34-30-26-22-16-14-12-10-8-6-4-2/h17-19,21,25,29,42,46,51-52,56-57H,3-16,20,22-24,26-28,30-41,43-45,47-50H2,1-2H3,(H,55,58)/b19-17-,21-18-,29-25-,46-42+. The van der Waals surface area contributed by atoms with Crippen LogP contribution in [0.2, 0.25) is 0 Å². The van der Waals surface area contributed by atoms with Gasteiger partial charge in [-0.15, -0.1) is 0 Å². The third-order valence-electron chi connectivity index (χ3n) is 11.6. The molecule has 0 heterocycles. The number of aliphatic hydroxyl groups is 2. The average molecular weight is 842 g/mol. The molecule has 0 rings (SSSR count). The smallest absolute Gasteiger partial charge is 0.305 e. The Morgan fingerprint density at radius 1 is 0.467 bits per heavy atom. The Hall–Kier alpha value is -2.18. The van der Waals surface area contributed by atoms with Crippen LogP contribution in [0.1, 0.15) is 258 Å². The highest BCUT2D eigenvalue weighted by Crippen LogP contribution is 2.14. The minimum absolute atomic E-state index is 0.0317. The fourth-order valence-corrected chi connectivity index (χ4v) is 7.56. The number of allylic oxidation sites excluding steroid dienone is 7. The highest BCUT2D eigenvalue weighted by atomic mass is 16.5. The molecular weight excluding hydrogens is 743 g/mol. The van der Waals surface area contributed by atoms with Crippen LogP contribution in [0.25, 0.3) is 0 Å². The lowest BCUT2D eigenvalue weighted by molar-refractivity contribution is -0.143. The molecule has 0 aromatic heterocycles. The number of hydrogen-bond acceptors (Lipinski definition) is 5. The summed E-state index contributed by atoms with van der Waals surface area (Å²) >= 11 is 0. The van der Waals surface area contributed by atoms with E-state index >= 15 is 0 Å². The molecule has 0 aromatic carbocycles. The number of carbonyl (C=O) groups is 2. The molecule has 1 amide bonds. The SMILES string of the molecule is CCCCCCCC/C=C\CCCCCCCC(=O)OCCCCC/C=C\C=C/CCCCCCCCC(=O)NC(CO)C(O)/C=C/CCCCCCCCCCCCC. The lowest BCUT2D eigenvalue weighted by atomic mass is 10.0. The monoisotopic (exact) mass is 842 g/mol. The minimum atomic E-state index is -0.859. The zero-order valence-corrected chi connectivity index (χ0v) is 39.7. The van der Waals surface area contributed by atoms with Crippen molar-refractivity contribution in [2.24, 2.45) is 0 Å². The fourth-order valence-electron chi connectivity index (χ4n) is 7.56. The zero-order valence-electron chi connectivity index (χ0n) is 39.7. The van der Waals surface area contributed by atoms with Crippen molar-refractivity contribution in [3.8, 4) is 0 Å². The molecule has 350 valence electrons. The van der Waals surface area contributed by atoms with E-state index < -0.39 is 12.1 Å². The van der Waals surface area contributed by atoms with E-state index in [4.69, 9.17) is 4.74 Å². The largest absolute Gasteiger partial charge is 0.466 e. The Bertz CT molecular complexity index is 1020. The molecule has 60 heavy (non-hydrogen) atoms. The van der Waals surface area contributed by atoms with Gasteiger partial charge in [0.25, 0.3) is 0 Å². The molecule has 0 bridgehead atoms. The van der Waals surface area contributed by atoms with Gasteiger partial charge in [-0.05, 0) is 89.9 Å². The molecule has 0 saturated carbocycles. The Labute approximate surface area is 372 Å². The highest BCUT2D eigenvalue weighted by Gasteiger charge is 2.18. The van der Waals surface area contributed by atoms with Crippen LogP contribution in [0.5, 0.6) is 0 Å². The van der Waals surface area contributed by atoms with Crippen molar-refractivity contribution < 1.29 is 24.5 Å². The molecule has 3 N–H and O–H groups in total. The second-order valence-electron chi connectivity index (χ2n) is 17.5. The van der Waals surface area contributed by atoms with E-state index in [0.717, 1.165) is 77.0 Å². The van der Waals surface area contributed by atoms with Gasteiger partial charge in [-0.2, -0.15) is 0 Å². The summed E-state index contributed by atoms with van der Waals surface area (Å²) in [5, 5.41) is 23.0. The molecule has 0 radical (unpaired) electrons. The van der Waals surface area contributed by atoms with Crippen LogP contribution in [-0.2, 0) is 14.3 Å². The number of unbranched alkanes of at least 4 members (excludes halogenated alkanes) is 31. The van der Waals surface area contributed by atoms with Crippen LogP contribution in [-0.4, -0.2) is 47.4 Å². The van der Waals surface area contributed by atoms with Gasteiger partial charge in [-0.3, -0.25) is 9.59 Å². The number of rotatable bonds is 47. The van der Waals surface area contributed by atoms with Crippen molar-refractivity contribution in [3.05, 3.63) is 48.6 Å². The predicted octanol–water partition coefficient (Wildman–Crippen LogP) is 15.5. The zero-order chi connectivity index (χ0) is 43.7. The van der Waals surface area contributed by atoms with Gasteiger partial charge < -0.3 is 20.3 Å². The quantitative estimate of drug-likeness (QED) is 0.0245. The maximum atomic E-state index is 12.4. The summed E-state index contributed by atoms with van der Waals surface area (Å²) in [6.07, 6.45) is 61.1. The summed E-state index contributed by atoms with van der Waals surface area (Å²) in [5.41, 5.74) is 0. The van der Waals surface area contributed by atoms with E-state index in [2.05, 4.69) is 55.6 Å². The molecule has 0 spiro atoms. The molecule has 0 aromatic rings. The van der Waals surface area contributed by atoms with Gasteiger partial charge >= 0.3 is 5.97 Å². The van der Waals surface area contributed by atoms with Gasteiger partial charge in [0.1, 0.15) is 0 Å². The highest BCUT2D eigenvalue weighted by molar-refractivity contribution is 5.76. The number of ether oxygens (including phenoxy) is 1. The van der Waals surface area contributed by atoms with E-state index in [1.165, 1.54) is 154 Å².